The molecule has 2 fully saturated rings. The lowest BCUT2D eigenvalue weighted by molar-refractivity contribution is -0.127. The van der Waals surface area contributed by atoms with E-state index in [0.29, 0.717) is 49.0 Å². The maximum absolute atomic E-state index is 15.3. The largest absolute Gasteiger partial charge is 0.474 e. The minimum absolute atomic E-state index is 0.0104. The number of hydrogen-bond donors (Lipinski definition) is 0. The summed E-state index contributed by atoms with van der Waals surface area (Å²) < 4.78 is 23.4. The maximum Gasteiger partial charge on any atom is 0.245 e. The number of pyridine rings is 1. The van der Waals surface area contributed by atoms with Gasteiger partial charge in [-0.1, -0.05) is 23.4 Å². The summed E-state index contributed by atoms with van der Waals surface area (Å²) in [6.07, 6.45) is 4.87. The van der Waals surface area contributed by atoms with Crippen LogP contribution in [-0.2, 0) is 4.79 Å². The number of fused-ring (bicyclic) bond motifs is 3. The summed E-state index contributed by atoms with van der Waals surface area (Å²) in [7, 11) is 2.07. The number of likely N-dealkylation sites (tertiary alicyclic amines) is 2. The second kappa shape index (κ2) is 9.39. The third kappa shape index (κ3) is 4.05. The number of piperidine rings is 1. The van der Waals surface area contributed by atoms with Crippen molar-refractivity contribution in [1.82, 2.24) is 29.8 Å². The number of aromatic nitrogens is 4. The second-order valence-corrected chi connectivity index (χ2v) is 10.1. The number of hydrogen-bond acceptors (Lipinski definition) is 6. The normalized spacial score (nSPS) is 19.9. The van der Waals surface area contributed by atoms with Crippen LogP contribution < -0.4 is 4.74 Å². The van der Waals surface area contributed by atoms with E-state index in [2.05, 4.69) is 49.8 Å². The maximum atomic E-state index is 15.3. The lowest BCUT2D eigenvalue weighted by Crippen LogP contribution is -2.38. The molecule has 0 spiro atoms. The van der Waals surface area contributed by atoms with Gasteiger partial charge in [-0.25, -0.2) is 14.1 Å². The predicted molar refractivity (Wildman–Crippen MR) is 132 cm³/mol. The Balaban J connectivity index is 1.57. The van der Waals surface area contributed by atoms with E-state index in [0.717, 1.165) is 19.4 Å². The van der Waals surface area contributed by atoms with Crippen LogP contribution in [0.4, 0.5) is 4.39 Å². The second-order valence-electron chi connectivity index (χ2n) is 8.88. The van der Waals surface area contributed by atoms with Crippen LogP contribution in [0.5, 0.6) is 5.88 Å². The molecule has 0 N–H and O–H groups in total. The molecule has 4 heterocycles. The van der Waals surface area contributed by atoms with Gasteiger partial charge in [0.1, 0.15) is 17.6 Å². The number of benzene rings is 1. The minimum Gasteiger partial charge on any atom is -0.474 e. The number of halogens is 3. The molecule has 0 radical (unpaired) electrons. The van der Waals surface area contributed by atoms with Crippen molar-refractivity contribution in [3.63, 3.8) is 0 Å². The van der Waals surface area contributed by atoms with Crippen LogP contribution in [0.15, 0.2) is 23.2 Å². The zero-order valence-corrected chi connectivity index (χ0v) is 21.1. The standard InChI is InChI=1S/C23H25BrClFN6O2/c1-3-17(33)31-9-6-13(7-10-31)32-22-15-11-16(25)18(24)19(26)20(15)27-23(21(22)28-29-32)34-12-14-5-4-8-30(14)2/h3,11,13-14H,1,4-10,12H2,2H3/t14-/m0/s1. The van der Waals surface area contributed by atoms with Crippen molar-refractivity contribution < 1.29 is 13.9 Å². The minimum atomic E-state index is -0.550. The molecule has 11 heteroatoms. The number of nitrogens with zero attached hydrogens (tertiary/aromatic N) is 6. The highest BCUT2D eigenvalue weighted by atomic mass is 79.9. The topological polar surface area (TPSA) is 76.4 Å². The molecule has 34 heavy (non-hydrogen) atoms. The zero-order chi connectivity index (χ0) is 24.0. The first-order valence-electron chi connectivity index (χ1n) is 11.4. The molecule has 3 aromatic rings. The number of ether oxygens (including phenoxy) is 1. The summed E-state index contributed by atoms with van der Waals surface area (Å²) in [5.41, 5.74) is 1.28. The van der Waals surface area contributed by atoms with Gasteiger partial charge in [-0.15, -0.1) is 5.10 Å². The first kappa shape index (κ1) is 23.4. The molecule has 8 nitrogen and oxygen atoms in total. The predicted octanol–water partition coefficient (Wildman–Crippen LogP) is 4.36. The fraction of sp³-hybridized carbons (Fsp3) is 0.478. The van der Waals surface area contributed by atoms with E-state index in [1.807, 2.05) is 4.68 Å². The molecule has 0 bridgehead atoms. The Kier molecular flexibility index (Phi) is 6.47. The van der Waals surface area contributed by atoms with Crippen molar-refractivity contribution in [3.8, 4) is 5.88 Å². The van der Waals surface area contributed by atoms with Gasteiger partial charge in [0.2, 0.25) is 11.8 Å². The summed E-state index contributed by atoms with van der Waals surface area (Å²) in [4.78, 5) is 20.5. The van der Waals surface area contributed by atoms with Gasteiger partial charge in [0.05, 0.1) is 15.5 Å². The molecule has 1 atom stereocenters. The van der Waals surface area contributed by atoms with Gasteiger partial charge in [0.15, 0.2) is 11.3 Å². The summed E-state index contributed by atoms with van der Waals surface area (Å²) in [5.74, 6) is -0.365. The van der Waals surface area contributed by atoms with Crippen LogP contribution in [0.3, 0.4) is 0 Å². The van der Waals surface area contributed by atoms with Crippen LogP contribution in [0.25, 0.3) is 21.9 Å². The summed E-state index contributed by atoms with van der Waals surface area (Å²) in [6, 6.07) is 1.95. The Bertz CT molecular complexity index is 1280. The van der Waals surface area contributed by atoms with Crippen LogP contribution >= 0.6 is 27.5 Å². The molecule has 0 saturated carbocycles. The van der Waals surface area contributed by atoms with Crippen LogP contribution in [0.1, 0.15) is 31.7 Å². The molecular formula is C23H25BrClFN6O2. The van der Waals surface area contributed by atoms with Gasteiger partial charge in [0, 0.05) is 24.5 Å². The van der Waals surface area contributed by atoms with Gasteiger partial charge in [-0.3, -0.25) is 4.79 Å². The van der Waals surface area contributed by atoms with E-state index < -0.39 is 5.82 Å². The lowest BCUT2D eigenvalue weighted by Gasteiger charge is -2.31. The van der Waals surface area contributed by atoms with Gasteiger partial charge in [-0.2, -0.15) is 0 Å². The molecule has 2 aromatic heterocycles. The van der Waals surface area contributed by atoms with Gasteiger partial charge in [-0.05, 0) is 67.3 Å². The van der Waals surface area contributed by atoms with Crippen LogP contribution in [0, 0.1) is 5.82 Å². The number of amides is 1. The average Bonchev–Trinajstić information content (AvgIpc) is 3.48. The third-order valence-electron chi connectivity index (χ3n) is 6.88. The Morgan fingerprint density at radius 3 is 2.76 bits per heavy atom. The molecule has 180 valence electrons. The van der Waals surface area contributed by atoms with Crippen LogP contribution in [0.2, 0.25) is 5.02 Å². The number of rotatable bonds is 5. The third-order valence-corrected chi connectivity index (χ3v) is 8.18. The number of carbonyl (C=O) groups excluding carboxylic acids is 1. The van der Waals surface area contributed by atoms with Crippen molar-refractivity contribution in [2.45, 2.75) is 37.8 Å². The van der Waals surface area contributed by atoms with E-state index in [4.69, 9.17) is 16.3 Å². The smallest absolute Gasteiger partial charge is 0.245 e. The molecule has 0 unspecified atom stereocenters. The highest BCUT2D eigenvalue weighted by Crippen LogP contribution is 2.39. The summed E-state index contributed by atoms with van der Waals surface area (Å²) in [5, 5.41) is 9.60. The molecule has 2 aliphatic heterocycles. The SMILES string of the molecule is C=CC(=O)N1CCC(n2nnc3c(OC[C@@H]4CCCN4C)nc4c(F)c(Br)c(Cl)cc4c32)CC1. The highest BCUT2D eigenvalue weighted by molar-refractivity contribution is 9.10. The van der Waals surface area contributed by atoms with Crippen molar-refractivity contribution in [1.29, 1.82) is 0 Å². The van der Waals surface area contributed by atoms with E-state index in [-0.39, 0.29) is 38.9 Å². The van der Waals surface area contributed by atoms with E-state index >= 15 is 4.39 Å². The van der Waals surface area contributed by atoms with E-state index in [1.54, 1.807) is 11.0 Å². The Morgan fingerprint density at radius 2 is 2.09 bits per heavy atom. The van der Waals surface area contributed by atoms with Crippen molar-refractivity contribution in [2.75, 3.05) is 33.3 Å². The van der Waals surface area contributed by atoms with Gasteiger partial charge >= 0.3 is 0 Å². The molecule has 5 rings (SSSR count). The quantitative estimate of drug-likeness (QED) is 0.347. The fourth-order valence-corrected chi connectivity index (χ4v) is 5.39. The molecule has 2 saturated heterocycles. The molecular weight excluding hydrogens is 527 g/mol. The lowest BCUT2D eigenvalue weighted by atomic mass is 10.0. The van der Waals surface area contributed by atoms with Gasteiger partial charge in [0.25, 0.3) is 0 Å². The molecule has 2 aliphatic rings. The zero-order valence-electron chi connectivity index (χ0n) is 18.8. The first-order valence-corrected chi connectivity index (χ1v) is 12.5. The monoisotopic (exact) mass is 550 g/mol. The first-order chi connectivity index (χ1) is 16.4. The molecule has 1 amide bonds. The number of likely N-dealkylation sites (N-methyl/N-ethyl adjacent to an activating group) is 1. The van der Waals surface area contributed by atoms with Crippen molar-refractivity contribution in [2.24, 2.45) is 0 Å². The highest BCUT2D eigenvalue weighted by Gasteiger charge is 2.29. The number of carbonyl (C=O) groups is 1. The van der Waals surface area contributed by atoms with Crippen LogP contribution in [-0.4, -0.2) is 75.0 Å². The van der Waals surface area contributed by atoms with Crippen molar-refractivity contribution in [3.05, 3.63) is 34.0 Å². The average molecular weight is 552 g/mol. The Hall–Kier alpha value is -2.30. The summed E-state index contributed by atoms with van der Waals surface area (Å²) in [6.45, 7) is 6.20. The molecule has 1 aromatic carbocycles. The van der Waals surface area contributed by atoms with Crippen molar-refractivity contribution >= 4 is 55.4 Å². The Labute approximate surface area is 209 Å². The van der Waals surface area contributed by atoms with Gasteiger partial charge < -0.3 is 14.5 Å². The van der Waals surface area contributed by atoms with E-state index in [9.17, 15) is 4.79 Å². The molecule has 0 aliphatic carbocycles. The summed E-state index contributed by atoms with van der Waals surface area (Å²) >= 11 is 9.54. The Morgan fingerprint density at radius 1 is 1.32 bits per heavy atom. The fourth-order valence-electron chi connectivity index (χ4n) is 4.90. The van der Waals surface area contributed by atoms with E-state index in [1.165, 1.54) is 6.08 Å².